The van der Waals surface area contributed by atoms with E-state index >= 15 is 0 Å². The van der Waals surface area contributed by atoms with Gasteiger partial charge in [-0.1, -0.05) is 174 Å². The lowest BCUT2D eigenvalue weighted by atomic mass is 9.93. The normalized spacial score (nSPS) is 11.9. The number of hydrogen-bond donors (Lipinski definition) is 3. The van der Waals surface area contributed by atoms with Crippen molar-refractivity contribution in [2.45, 2.75) is 213 Å². The van der Waals surface area contributed by atoms with Crippen LogP contribution in [0.25, 0.3) is 0 Å². The van der Waals surface area contributed by atoms with Crippen LogP contribution in [0.1, 0.15) is 213 Å². The predicted octanol–water partition coefficient (Wildman–Crippen LogP) is 10.7. The summed E-state index contributed by atoms with van der Waals surface area (Å²) in [6.45, 7) is 5.74. The molecule has 0 rings (SSSR count). The van der Waals surface area contributed by atoms with Gasteiger partial charge in [0.05, 0.1) is 0 Å². The number of hydrogen-bond acceptors (Lipinski definition) is 3. The zero-order chi connectivity index (χ0) is 33.1. The fourth-order valence-electron chi connectivity index (χ4n) is 6.26. The molecule has 0 aliphatic heterocycles. The van der Waals surface area contributed by atoms with Crippen LogP contribution in [0.2, 0.25) is 0 Å². The van der Waals surface area contributed by atoms with E-state index in [1.165, 1.54) is 148 Å². The first-order chi connectivity index (χ1) is 22.0. The van der Waals surface area contributed by atoms with Crippen molar-refractivity contribution in [2.24, 2.45) is 22.4 Å². The smallest absolute Gasteiger partial charge is 0.223 e. The highest BCUT2D eigenvalue weighted by Crippen LogP contribution is 2.18. The van der Waals surface area contributed by atoms with Gasteiger partial charge in [0.25, 0.3) is 0 Å². The Morgan fingerprint density at radius 2 is 0.911 bits per heavy atom. The van der Waals surface area contributed by atoms with Gasteiger partial charge in [-0.25, -0.2) is 0 Å². The molecule has 0 bridgehead atoms. The lowest BCUT2D eigenvalue weighted by molar-refractivity contribution is -0.129. The first-order valence-corrected chi connectivity index (χ1v) is 19.9. The summed E-state index contributed by atoms with van der Waals surface area (Å²) in [6, 6.07) is 0. The Hall–Kier alpha value is -1.59. The van der Waals surface area contributed by atoms with Crippen LogP contribution in [-0.2, 0) is 9.59 Å². The van der Waals surface area contributed by atoms with E-state index < -0.39 is 0 Å². The Morgan fingerprint density at radius 3 is 1.31 bits per heavy atom. The van der Waals surface area contributed by atoms with Gasteiger partial charge in [-0.3, -0.25) is 14.6 Å². The Morgan fingerprint density at radius 1 is 0.533 bits per heavy atom. The highest BCUT2D eigenvalue weighted by Gasteiger charge is 2.21. The fraction of sp³-hybridized carbons (Fsp3) is 0.923. The maximum Gasteiger partial charge on any atom is 0.223 e. The van der Waals surface area contributed by atoms with Crippen molar-refractivity contribution in [1.82, 2.24) is 5.32 Å². The Kier molecular flexibility index (Phi) is 34.0. The van der Waals surface area contributed by atoms with Crippen molar-refractivity contribution >= 4 is 17.6 Å². The third-order valence-corrected chi connectivity index (χ3v) is 9.24. The van der Waals surface area contributed by atoms with E-state index in [0.29, 0.717) is 38.8 Å². The van der Waals surface area contributed by atoms with Crippen molar-refractivity contribution in [3.05, 3.63) is 0 Å². The molecule has 0 fully saturated rings. The van der Waals surface area contributed by atoms with E-state index in [1.54, 1.807) is 0 Å². The predicted molar refractivity (Wildman–Crippen MR) is 197 cm³/mol. The SMILES string of the molecule is CCCCCCCCCCCCCCCCCCCC(=O)C[C@@H](CCCN=C(N)N)C(=O)NCCCCCCCCCCCC. The lowest BCUT2D eigenvalue weighted by Gasteiger charge is -2.16. The summed E-state index contributed by atoms with van der Waals surface area (Å²) in [5.41, 5.74) is 10.9. The molecule has 0 unspecified atom stereocenters. The third kappa shape index (κ3) is 33.6. The van der Waals surface area contributed by atoms with Crippen molar-refractivity contribution in [2.75, 3.05) is 13.1 Å². The summed E-state index contributed by atoms with van der Waals surface area (Å²) in [6.07, 6.45) is 37.8. The van der Waals surface area contributed by atoms with Crippen molar-refractivity contribution in [1.29, 1.82) is 0 Å². The van der Waals surface area contributed by atoms with Crippen LogP contribution in [-0.4, -0.2) is 30.7 Å². The summed E-state index contributed by atoms with van der Waals surface area (Å²) in [7, 11) is 0. The zero-order valence-electron chi connectivity index (χ0n) is 30.3. The first-order valence-electron chi connectivity index (χ1n) is 19.9. The van der Waals surface area contributed by atoms with Gasteiger partial charge in [0.15, 0.2) is 5.96 Å². The van der Waals surface area contributed by atoms with Crippen molar-refractivity contribution in [3.63, 3.8) is 0 Å². The van der Waals surface area contributed by atoms with Gasteiger partial charge in [0, 0.05) is 31.8 Å². The Balaban J connectivity index is 3.95. The van der Waals surface area contributed by atoms with Crippen molar-refractivity contribution < 1.29 is 9.59 Å². The molecule has 1 amide bonds. The second-order valence-electron chi connectivity index (χ2n) is 13.8. The lowest BCUT2D eigenvalue weighted by Crippen LogP contribution is -2.33. The number of aliphatic imine (C=N–C) groups is 1. The standard InChI is InChI=1S/C39H78N4O2/c1-3-5-7-9-11-13-15-16-17-18-19-20-21-22-24-26-28-32-37(44)35-36(31-30-34-43-39(40)41)38(45)42-33-29-27-25-23-14-12-10-8-6-4-2/h36H,3-35H2,1-2H3,(H,42,45)(H4,40,41,43)/t36-/m1/s1. The van der Waals surface area contributed by atoms with E-state index in [2.05, 4.69) is 24.2 Å². The summed E-state index contributed by atoms with van der Waals surface area (Å²) < 4.78 is 0. The topological polar surface area (TPSA) is 111 Å². The first kappa shape index (κ1) is 43.4. The van der Waals surface area contributed by atoms with Gasteiger partial charge < -0.3 is 16.8 Å². The molecule has 6 heteroatoms. The number of ketones is 1. The average molecular weight is 635 g/mol. The molecular weight excluding hydrogens is 556 g/mol. The number of carbonyl (C=O) groups is 2. The average Bonchev–Trinajstić information content (AvgIpc) is 3.02. The number of nitrogens with zero attached hydrogens (tertiary/aromatic N) is 1. The molecule has 0 heterocycles. The Labute approximate surface area is 280 Å². The molecule has 0 aliphatic carbocycles. The van der Waals surface area contributed by atoms with E-state index in [0.717, 1.165) is 25.7 Å². The van der Waals surface area contributed by atoms with Gasteiger partial charge in [-0.15, -0.1) is 0 Å². The molecule has 0 saturated heterocycles. The van der Waals surface area contributed by atoms with Gasteiger partial charge >= 0.3 is 0 Å². The number of unbranched alkanes of at least 4 members (excludes halogenated alkanes) is 25. The second-order valence-corrected chi connectivity index (χ2v) is 13.8. The number of nitrogens with one attached hydrogen (secondary N) is 1. The van der Waals surface area contributed by atoms with Crippen LogP contribution >= 0.6 is 0 Å². The zero-order valence-corrected chi connectivity index (χ0v) is 30.3. The molecule has 0 aromatic heterocycles. The van der Waals surface area contributed by atoms with Crippen molar-refractivity contribution in [3.8, 4) is 0 Å². The molecule has 0 radical (unpaired) electrons. The monoisotopic (exact) mass is 635 g/mol. The molecule has 0 aromatic carbocycles. The molecule has 0 saturated carbocycles. The van der Waals surface area contributed by atoms with Crippen LogP contribution in [0.15, 0.2) is 4.99 Å². The quantitative estimate of drug-likeness (QED) is 0.0362. The summed E-state index contributed by atoms with van der Waals surface area (Å²) >= 11 is 0. The molecule has 1 atom stereocenters. The van der Waals surface area contributed by atoms with Gasteiger partial charge in [0.1, 0.15) is 5.78 Å². The summed E-state index contributed by atoms with van der Waals surface area (Å²) in [4.78, 5) is 29.8. The number of amides is 1. The molecule has 45 heavy (non-hydrogen) atoms. The van der Waals surface area contributed by atoms with Crippen LogP contribution in [0.5, 0.6) is 0 Å². The number of rotatable bonds is 36. The van der Waals surface area contributed by atoms with Gasteiger partial charge in [-0.2, -0.15) is 0 Å². The molecule has 6 nitrogen and oxygen atoms in total. The van der Waals surface area contributed by atoms with Crippen LogP contribution < -0.4 is 16.8 Å². The van der Waals surface area contributed by atoms with Crippen LogP contribution in [0.4, 0.5) is 0 Å². The second kappa shape index (κ2) is 35.3. The Bertz CT molecular complexity index is 678. The number of guanidine groups is 1. The van der Waals surface area contributed by atoms with Gasteiger partial charge in [0.2, 0.25) is 5.91 Å². The van der Waals surface area contributed by atoms with E-state index in [4.69, 9.17) is 11.5 Å². The molecular formula is C39H78N4O2. The number of nitrogens with two attached hydrogens (primary N) is 2. The highest BCUT2D eigenvalue weighted by atomic mass is 16.2. The molecule has 0 aliphatic rings. The van der Waals surface area contributed by atoms with Gasteiger partial charge in [-0.05, 0) is 25.7 Å². The minimum absolute atomic E-state index is 0.0198. The minimum atomic E-state index is -0.277. The fourth-order valence-corrected chi connectivity index (χ4v) is 6.26. The molecule has 0 aromatic rings. The largest absolute Gasteiger partial charge is 0.370 e. The summed E-state index contributed by atoms with van der Waals surface area (Å²) in [5, 5.41) is 3.11. The maximum atomic E-state index is 13.0. The summed E-state index contributed by atoms with van der Waals surface area (Å²) in [5.74, 6) is 0.0377. The minimum Gasteiger partial charge on any atom is -0.370 e. The molecule has 0 spiro atoms. The third-order valence-electron chi connectivity index (χ3n) is 9.24. The number of Topliss-reactive ketones (excluding diaryl/α,β-unsaturated/α-hetero) is 1. The highest BCUT2D eigenvalue weighted by molar-refractivity contribution is 5.86. The number of carbonyl (C=O) groups excluding carboxylic acids is 2. The molecule has 5 N–H and O–H groups in total. The molecule has 266 valence electrons. The van der Waals surface area contributed by atoms with E-state index in [9.17, 15) is 9.59 Å². The maximum absolute atomic E-state index is 13.0. The van der Waals surface area contributed by atoms with Crippen LogP contribution in [0, 0.1) is 5.92 Å². The van der Waals surface area contributed by atoms with E-state index in [-0.39, 0.29) is 23.6 Å². The van der Waals surface area contributed by atoms with E-state index in [1.807, 2.05) is 0 Å². The van der Waals surface area contributed by atoms with Crippen LogP contribution in [0.3, 0.4) is 0 Å².